The van der Waals surface area contributed by atoms with Gasteiger partial charge in [0.1, 0.15) is 6.33 Å². The number of hydrogen-bond acceptors (Lipinski definition) is 2. The van der Waals surface area contributed by atoms with E-state index in [9.17, 15) is 0 Å². The van der Waals surface area contributed by atoms with Crippen molar-refractivity contribution in [3.63, 3.8) is 0 Å². The Kier molecular flexibility index (Phi) is 2.08. The molecule has 16 heavy (non-hydrogen) atoms. The fourth-order valence-electron chi connectivity index (χ4n) is 1.75. The summed E-state index contributed by atoms with van der Waals surface area (Å²) in [6, 6.07) is 10.2. The minimum Gasteiger partial charge on any atom is -0.293 e. The Morgan fingerprint density at radius 2 is 2.00 bits per heavy atom. The summed E-state index contributed by atoms with van der Waals surface area (Å²) in [4.78, 5) is 4.00. The van der Waals surface area contributed by atoms with Gasteiger partial charge in [0.05, 0.1) is 5.52 Å². The number of fused-ring (bicyclic) bond motifs is 1. The third kappa shape index (κ3) is 1.35. The van der Waals surface area contributed by atoms with Crippen LogP contribution in [0.2, 0.25) is 0 Å². The van der Waals surface area contributed by atoms with Crippen LogP contribution in [-0.2, 0) is 0 Å². The molecule has 2 heterocycles. The van der Waals surface area contributed by atoms with Crippen molar-refractivity contribution in [1.82, 2.24) is 14.1 Å². The number of para-hydroxylation sites is 1. The molecule has 3 nitrogen and oxygen atoms in total. The summed E-state index contributed by atoms with van der Waals surface area (Å²) >= 11 is 5.41. The van der Waals surface area contributed by atoms with E-state index >= 15 is 0 Å². The molecule has 0 bridgehead atoms. The summed E-state index contributed by atoms with van der Waals surface area (Å²) in [5.74, 6) is 0. The van der Waals surface area contributed by atoms with Gasteiger partial charge < -0.3 is 0 Å². The lowest BCUT2D eigenvalue weighted by Crippen LogP contribution is -2.16. The van der Waals surface area contributed by atoms with E-state index in [2.05, 4.69) is 23.2 Å². The maximum Gasteiger partial charge on any atom is 0.189 e. The van der Waals surface area contributed by atoms with Crippen LogP contribution in [-0.4, -0.2) is 19.2 Å². The maximum atomic E-state index is 5.41. The molecule has 0 amide bonds. The highest BCUT2D eigenvalue weighted by Gasteiger charge is 2.05. The van der Waals surface area contributed by atoms with E-state index in [1.807, 2.05) is 33.7 Å². The Hall–Kier alpha value is -1.94. The molecule has 0 radical (unpaired) electrons. The standard InChI is InChI=1S/C12H9N3S/c16-12(14-8-6-13-9-14)15-7-5-10-3-1-2-4-11(10)15/h1-9H. The Morgan fingerprint density at radius 3 is 2.81 bits per heavy atom. The lowest BCUT2D eigenvalue weighted by atomic mass is 10.2. The van der Waals surface area contributed by atoms with Crippen LogP contribution >= 0.6 is 12.2 Å². The molecule has 0 aliphatic rings. The molecule has 4 heteroatoms. The van der Waals surface area contributed by atoms with Crippen molar-refractivity contribution in [2.45, 2.75) is 0 Å². The van der Waals surface area contributed by atoms with Crippen LogP contribution in [0.5, 0.6) is 0 Å². The molecule has 0 unspecified atom stereocenters. The number of imidazole rings is 1. The number of thiocarbonyl (C=S) groups is 1. The van der Waals surface area contributed by atoms with Gasteiger partial charge in [-0.3, -0.25) is 9.13 Å². The van der Waals surface area contributed by atoms with Crippen molar-refractivity contribution in [2.24, 2.45) is 0 Å². The highest BCUT2D eigenvalue weighted by atomic mass is 32.1. The molecule has 0 saturated heterocycles. The zero-order chi connectivity index (χ0) is 11.0. The molecule has 0 fully saturated rings. The monoisotopic (exact) mass is 227 g/mol. The molecule has 0 aliphatic heterocycles. The van der Waals surface area contributed by atoms with Crippen molar-refractivity contribution in [3.8, 4) is 0 Å². The van der Waals surface area contributed by atoms with Crippen molar-refractivity contribution in [2.75, 3.05) is 0 Å². The van der Waals surface area contributed by atoms with E-state index in [1.54, 1.807) is 12.5 Å². The second kappa shape index (κ2) is 3.57. The fraction of sp³-hybridized carbons (Fsp3) is 0. The van der Waals surface area contributed by atoms with Gasteiger partial charge in [-0.15, -0.1) is 0 Å². The Bertz CT molecular complexity index is 637. The number of nitrogens with zero attached hydrogens (tertiary/aromatic N) is 3. The van der Waals surface area contributed by atoms with Crippen LogP contribution in [0, 0.1) is 0 Å². The first-order valence-electron chi connectivity index (χ1n) is 4.95. The van der Waals surface area contributed by atoms with E-state index in [4.69, 9.17) is 12.2 Å². The van der Waals surface area contributed by atoms with Crippen LogP contribution in [0.3, 0.4) is 0 Å². The summed E-state index contributed by atoms with van der Waals surface area (Å²) in [5, 5.41) is 1.89. The zero-order valence-corrected chi connectivity index (χ0v) is 9.26. The van der Waals surface area contributed by atoms with Crippen molar-refractivity contribution >= 4 is 28.2 Å². The molecular weight excluding hydrogens is 218 g/mol. The van der Waals surface area contributed by atoms with Gasteiger partial charge in [-0.25, -0.2) is 4.98 Å². The van der Waals surface area contributed by atoms with Gasteiger partial charge in [0, 0.05) is 24.0 Å². The van der Waals surface area contributed by atoms with E-state index in [0.29, 0.717) is 5.11 Å². The first kappa shape index (κ1) is 9.30. The molecule has 1 aromatic carbocycles. The van der Waals surface area contributed by atoms with Crippen molar-refractivity contribution in [3.05, 3.63) is 55.2 Å². The predicted octanol–water partition coefficient (Wildman–Crippen LogP) is 2.52. The van der Waals surface area contributed by atoms with Gasteiger partial charge in [-0.1, -0.05) is 18.2 Å². The summed E-state index contributed by atoms with van der Waals surface area (Å²) in [5.41, 5.74) is 1.11. The van der Waals surface area contributed by atoms with Crippen LogP contribution in [0.15, 0.2) is 55.2 Å². The zero-order valence-electron chi connectivity index (χ0n) is 8.45. The quantitative estimate of drug-likeness (QED) is 0.551. The highest BCUT2D eigenvalue weighted by Crippen LogP contribution is 2.15. The fourth-order valence-corrected chi connectivity index (χ4v) is 2.01. The summed E-state index contributed by atoms with van der Waals surface area (Å²) in [7, 11) is 0. The maximum absolute atomic E-state index is 5.41. The van der Waals surface area contributed by atoms with Crippen LogP contribution in [0.25, 0.3) is 10.9 Å². The number of benzene rings is 1. The van der Waals surface area contributed by atoms with Gasteiger partial charge in [0.15, 0.2) is 5.11 Å². The van der Waals surface area contributed by atoms with Crippen LogP contribution in [0.1, 0.15) is 0 Å². The first-order chi connectivity index (χ1) is 7.86. The molecule has 0 N–H and O–H groups in total. The molecule has 0 saturated carbocycles. The van der Waals surface area contributed by atoms with Gasteiger partial charge in [-0.2, -0.15) is 0 Å². The van der Waals surface area contributed by atoms with E-state index < -0.39 is 0 Å². The second-order valence-electron chi connectivity index (χ2n) is 3.50. The molecule has 2 aromatic heterocycles. The van der Waals surface area contributed by atoms with Gasteiger partial charge >= 0.3 is 0 Å². The Labute approximate surface area is 98.0 Å². The second-order valence-corrected chi connectivity index (χ2v) is 3.86. The average molecular weight is 227 g/mol. The van der Waals surface area contributed by atoms with Gasteiger partial charge in [0.25, 0.3) is 0 Å². The summed E-state index contributed by atoms with van der Waals surface area (Å²) < 4.78 is 3.80. The van der Waals surface area contributed by atoms with E-state index in [-0.39, 0.29) is 0 Å². The number of rotatable bonds is 0. The normalized spacial score (nSPS) is 10.8. The third-order valence-corrected chi connectivity index (χ3v) is 2.94. The molecule has 78 valence electrons. The largest absolute Gasteiger partial charge is 0.293 e. The molecule has 0 atom stereocenters. The van der Waals surface area contributed by atoms with E-state index in [0.717, 1.165) is 5.52 Å². The molecule has 3 aromatic rings. The molecule has 0 spiro atoms. The topological polar surface area (TPSA) is 22.8 Å². The van der Waals surface area contributed by atoms with Gasteiger partial charge in [0.2, 0.25) is 0 Å². The number of aromatic nitrogens is 3. The van der Waals surface area contributed by atoms with Crippen molar-refractivity contribution in [1.29, 1.82) is 0 Å². The Morgan fingerprint density at radius 1 is 1.12 bits per heavy atom. The minimum atomic E-state index is 0.707. The van der Waals surface area contributed by atoms with Gasteiger partial charge in [-0.05, 0) is 24.4 Å². The molecule has 0 aliphatic carbocycles. The van der Waals surface area contributed by atoms with E-state index in [1.165, 1.54) is 5.39 Å². The third-order valence-electron chi connectivity index (χ3n) is 2.53. The summed E-state index contributed by atoms with van der Waals surface area (Å²) in [6.07, 6.45) is 7.25. The highest BCUT2D eigenvalue weighted by molar-refractivity contribution is 7.80. The number of hydrogen-bond donors (Lipinski definition) is 0. The first-order valence-corrected chi connectivity index (χ1v) is 5.36. The predicted molar refractivity (Wildman–Crippen MR) is 67.6 cm³/mol. The molecule has 3 rings (SSSR count). The van der Waals surface area contributed by atoms with Crippen LogP contribution in [0.4, 0.5) is 0 Å². The van der Waals surface area contributed by atoms with Crippen LogP contribution < -0.4 is 0 Å². The Balaban J connectivity index is 2.16. The minimum absolute atomic E-state index is 0.707. The average Bonchev–Trinajstić information content (AvgIpc) is 2.98. The smallest absolute Gasteiger partial charge is 0.189 e. The lowest BCUT2D eigenvalue weighted by Gasteiger charge is -2.07. The van der Waals surface area contributed by atoms with Crippen molar-refractivity contribution < 1.29 is 0 Å². The summed E-state index contributed by atoms with van der Waals surface area (Å²) in [6.45, 7) is 0. The SMILES string of the molecule is S=C(n1ccnc1)n1ccc2ccccc21. The lowest BCUT2D eigenvalue weighted by molar-refractivity contribution is 1.06. The molecular formula is C12H9N3S.